The first-order valence-electron chi connectivity index (χ1n) is 16.0. The molecule has 0 nitrogen and oxygen atoms in total. The Labute approximate surface area is 266 Å². The van der Waals surface area contributed by atoms with E-state index in [0.717, 1.165) is 0 Å². The zero-order chi connectivity index (χ0) is 30.6. The van der Waals surface area contributed by atoms with Crippen LogP contribution in [0.15, 0.2) is 170 Å². The Morgan fingerprint density at radius 1 is 0.409 bits per heavy atom. The van der Waals surface area contributed by atoms with E-state index in [1.54, 1.807) is 10.6 Å². The fourth-order valence-corrected chi connectivity index (χ4v) is 9.96. The number of hydrogen-bond donors (Lipinski definition) is 0. The molecule has 0 heterocycles. The summed E-state index contributed by atoms with van der Waals surface area (Å²) in [5, 5.41) is 3.19. The second-order valence-corrected chi connectivity index (χ2v) is 14.3. The van der Waals surface area contributed by atoms with E-state index < -0.39 is 14.1 Å². The average Bonchev–Trinajstić information content (AvgIpc) is 3.09. The molecule has 0 fully saturated rings. The zero-order valence-corrected chi connectivity index (χ0v) is 27.4. The summed E-state index contributed by atoms with van der Waals surface area (Å²) in [4.78, 5) is 0. The van der Waals surface area contributed by atoms with Gasteiger partial charge in [-0.15, -0.1) is 0 Å². The summed E-state index contributed by atoms with van der Waals surface area (Å²) in [7, 11) is -0.623. The van der Waals surface area contributed by atoms with Gasteiger partial charge in [0.2, 0.25) is 0 Å². The maximum Gasteiger partial charge on any atom is 0.108 e. The Balaban J connectivity index is 0.000000182. The van der Waals surface area contributed by atoms with Gasteiger partial charge in [0.25, 0.3) is 0 Å². The lowest BCUT2D eigenvalue weighted by Gasteiger charge is -2.44. The number of hydrogen-bond acceptors (Lipinski definition) is 0. The van der Waals surface area contributed by atoms with Crippen LogP contribution in [0.5, 0.6) is 0 Å². The Morgan fingerprint density at radius 3 is 1.00 bits per heavy atom. The van der Waals surface area contributed by atoms with Crippen LogP contribution in [0.3, 0.4) is 0 Å². The fourth-order valence-electron chi connectivity index (χ4n) is 6.71. The van der Waals surface area contributed by atoms with E-state index in [1.807, 2.05) is 0 Å². The van der Waals surface area contributed by atoms with Gasteiger partial charge < -0.3 is 0 Å². The molecule has 0 saturated carbocycles. The van der Waals surface area contributed by atoms with Crippen molar-refractivity contribution < 1.29 is 0 Å². The Kier molecular flexibility index (Phi) is 11.0. The summed E-state index contributed by atoms with van der Waals surface area (Å²) in [5.74, 6) is 0. The van der Waals surface area contributed by atoms with Gasteiger partial charge in [-0.2, -0.15) is 21.9 Å². The normalized spacial score (nSPS) is 11.1. The fraction of sp³-hybridized carbons (Fsp3) is 0.143. The highest BCUT2D eigenvalue weighted by Gasteiger charge is 2.31. The van der Waals surface area contributed by atoms with Crippen molar-refractivity contribution in [2.75, 3.05) is 6.16 Å². The molecule has 2 heteroatoms. The topological polar surface area (TPSA) is 0 Å². The van der Waals surface area contributed by atoms with Crippen LogP contribution in [0.25, 0.3) is 0 Å². The molecule has 0 N–H and O–H groups in total. The van der Waals surface area contributed by atoms with Gasteiger partial charge >= 0.3 is 0 Å². The van der Waals surface area contributed by atoms with Crippen molar-refractivity contribution in [2.45, 2.75) is 33.6 Å². The smallest absolute Gasteiger partial charge is 0.108 e. The Hall–Kier alpha value is -4.19. The van der Waals surface area contributed by atoms with Crippen LogP contribution in [-0.2, 0) is 0 Å². The van der Waals surface area contributed by atoms with E-state index in [-0.39, 0.29) is 0 Å². The number of benzene rings is 6. The van der Waals surface area contributed by atoms with Gasteiger partial charge in [0.15, 0.2) is 0 Å². The molecule has 0 atom stereocenters. The molecule has 0 spiro atoms. The largest absolute Gasteiger partial charge is 0.195 e. The van der Waals surface area contributed by atoms with Gasteiger partial charge in [-0.05, 0) is 43.5 Å². The summed E-state index contributed by atoms with van der Waals surface area (Å²) >= 11 is 0. The van der Waals surface area contributed by atoms with E-state index in [4.69, 9.17) is 0 Å². The maximum atomic E-state index is 2.34. The first kappa shape index (κ1) is 31.2. The lowest BCUT2D eigenvalue weighted by atomic mass is 9.13. The highest BCUT2D eigenvalue weighted by atomic mass is 31.1. The monoisotopic (exact) mass is 590 g/mol. The predicted molar refractivity (Wildman–Crippen MR) is 200 cm³/mol. The molecule has 0 amide bonds. The first-order chi connectivity index (χ1) is 21.7. The number of rotatable bonds is 9. The summed E-state index contributed by atoms with van der Waals surface area (Å²) in [6, 6.07) is 61.4. The molecule has 0 radical (unpaired) electrons. The van der Waals surface area contributed by atoms with E-state index in [2.05, 4.69) is 191 Å². The van der Waals surface area contributed by atoms with Crippen molar-refractivity contribution in [1.29, 1.82) is 0 Å². The molecular weight excluding hydrogens is 546 g/mol. The average molecular weight is 591 g/mol. The molecule has 0 bridgehead atoms. The SMILES string of the molecule is CCCC[PH+](c1ccccc1C)c1ccccc1C.c1ccc([B-](c2ccccc2)(c2ccccc2)c2ccccc2)cc1. The summed E-state index contributed by atoms with van der Waals surface area (Å²) < 4.78 is 0. The minimum Gasteiger partial charge on any atom is -0.195 e. The van der Waals surface area contributed by atoms with Crippen LogP contribution >= 0.6 is 7.92 Å². The van der Waals surface area contributed by atoms with Crippen LogP contribution in [0.4, 0.5) is 0 Å². The summed E-state index contributed by atoms with van der Waals surface area (Å²) in [5.41, 5.74) is 8.26. The molecule has 0 saturated heterocycles. The molecule has 220 valence electrons. The molecule has 6 rings (SSSR count). The molecule has 0 aromatic heterocycles. The van der Waals surface area contributed by atoms with E-state index in [9.17, 15) is 0 Å². The molecular formula is C42H44BP. The van der Waals surface area contributed by atoms with E-state index >= 15 is 0 Å². The zero-order valence-electron chi connectivity index (χ0n) is 26.4. The Morgan fingerprint density at radius 2 is 0.705 bits per heavy atom. The molecule has 44 heavy (non-hydrogen) atoms. The van der Waals surface area contributed by atoms with Gasteiger partial charge in [-0.3, -0.25) is 0 Å². The molecule has 0 aliphatic rings. The van der Waals surface area contributed by atoms with E-state index in [1.165, 1.54) is 52.0 Å². The third kappa shape index (κ3) is 6.96. The van der Waals surface area contributed by atoms with Crippen LogP contribution < -0.4 is 32.5 Å². The van der Waals surface area contributed by atoms with Gasteiger partial charge in [0.1, 0.15) is 6.15 Å². The van der Waals surface area contributed by atoms with Gasteiger partial charge in [0.05, 0.1) is 24.7 Å². The molecule has 0 aliphatic carbocycles. The second-order valence-electron chi connectivity index (χ2n) is 11.7. The highest BCUT2D eigenvalue weighted by Crippen LogP contribution is 2.37. The lowest BCUT2D eigenvalue weighted by Crippen LogP contribution is -2.74. The van der Waals surface area contributed by atoms with Crippen LogP contribution in [0.2, 0.25) is 0 Å². The Bertz CT molecular complexity index is 1490. The minimum absolute atomic E-state index is 0.623. The highest BCUT2D eigenvalue weighted by molar-refractivity contribution is 7.73. The molecule has 0 aliphatic heterocycles. The molecule has 0 unspecified atom stereocenters. The maximum absolute atomic E-state index is 2.34. The van der Waals surface area contributed by atoms with Crippen molar-refractivity contribution >= 4 is 46.5 Å². The van der Waals surface area contributed by atoms with Gasteiger partial charge in [-0.25, -0.2) is 0 Å². The predicted octanol–water partition coefficient (Wildman–Crippen LogP) is 7.33. The third-order valence-electron chi connectivity index (χ3n) is 8.92. The van der Waals surface area contributed by atoms with Crippen molar-refractivity contribution in [3.63, 3.8) is 0 Å². The van der Waals surface area contributed by atoms with Crippen LogP contribution in [0, 0.1) is 13.8 Å². The number of unbranched alkanes of at least 4 members (excludes halogenated alkanes) is 1. The first-order valence-corrected chi connectivity index (χ1v) is 17.7. The third-order valence-corrected chi connectivity index (χ3v) is 12.2. The minimum atomic E-state index is -1.22. The van der Waals surface area contributed by atoms with Crippen molar-refractivity contribution in [3.8, 4) is 0 Å². The quantitative estimate of drug-likeness (QED) is 0.122. The van der Waals surface area contributed by atoms with Gasteiger partial charge in [0, 0.05) is 0 Å². The summed E-state index contributed by atoms with van der Waals surface area (Å²) in [6.45, 7) is 6.80. The van der Waals surface area contributed by atoms with Gasteiger partial charge in [-0.1, -0.05) is 171 Å². The van der Waals surface area contributed by atoms with Crippen LogP contribution in [-0.4, -0.2) is 12.3 Å². The standard InChI is InChI=1S/C24H20B.C18H23P/c1-5-13-21(14-6-1)25(22-15-7-2-8-16-22,23-17-9-3-10-18-23)24-19-11-4-12-20-24;1-4-5-14-19(17-12-8-6-10-15(17)2)18-13-9-7-11-16(18)3/h1-20H;6-13H,4-5,14H2,1-3H3/q-1;/p+1. The number of aryl methyl sites for hydroxylation is 2. The van der Waals surface area contributed by atoms with Crippen molar-refractivity contribution in [1.82, 2.24) is 0 Å². The van der Waals surface area contributed by atoms with Crippen molar-refractivity contribution in [3.05, 3.63) is 181 Å². The second kappa shape index (κ2) is 15.5. The molecule has 6 aromatic carbocycles. The lowest BCUT2D eigenvalue weighted by molar-refractivity contribution is 0.893. The van der Waals surface area contributed by atoms with Crippen LogP contribution in [0.1, 0.15) is 30.9 Å². The molecule has 6 aromatic rings. The van der Waals surface area contributed by atoms with E-state index in [0.29, 0.717) is 0 Å². The summed E-state index contributed by atoms with van der Waals surface area (Å²) in [6.07, 6.45) is 2.74. The van der Waals surface area contributed by atoms with Crippen molar-refractivity contribution in [2.24, 2.45) is 0 Å².